The number of aromatic amines is 1. The lowest BCUT2D eigenvalue weighted by molar-refractivity contribution is 0.847. The van der Waals surface area contributed by atoms with Crippen LogP contribution < -0.4 is 5.43 Å². The molecule has 0 aliphatic rings. The summed E-state index contributed by atoms with van der Waals surface area (Å²) in [5.41, 5.74) is 3.02. The second kappa shape index (κ2) is 5.21. The lowest BCUT2D eigenvalue weighted by Crippen LogP contribution is -2.05. The summed E-state index contributed by atoms with van der Waals surface area (Å²) in [5, 5.41) is 5.07. The Labute approximate surface area is 132 Å². The Morgan fingerprint density at radius 3 is 2.57 bits per heavy atom. The molecule has 4 rings (SSSR count). The minimum atomic E-state index is -0.0442. The largest absolute Gasteiger partial charge is 0.339 e. The van der Waals surface area contributed by atoms with Gasteiger partial charge in [0.2, 0.25) is 0 Å². The zero-order valence-electron chi connectivity index (χ0n) is 12.5. The molecule has 0 saturated heterocycles. The summed E-state index contributed by atoms with van der Waals surface area (Å²) in [6.45, 7) is 1.83. The van der Waals surface area contributed by atoms with Gasteiger partial charge < -0.3 is 4.98 Å². The van der Waals surface area contributed by atoms with Crippen molar-refractivity contribution in [1.29, 1.82) is 0 Å². The Balaban J connectivity index is 2.03. The van der Waals surface area contributed by atoms with Crippen molar-refractivity contribution in [2.24, 2.45) is 0 Å². The van der Waals surface area contributed by atoms with Gasteiger partial charge in [0.15, 0.2) is 11.2 Å². The van der Waals surface area contributed by atoms with Gasteiger partial charge in [-0.25, -0.2) is 4.98 Å². The van der Waals surface area contributed by atoms with Crippen LogP contribution in [-0.2, 0) is 0 Å². The van der Waals surface area contributed by atoms with Crippen molar-refractivity contribution in [3.05, 3.63) is 76.7 Å². The smallest absolute Gasteiger partial charge is 0.193 e. The summed E-state index contributed by atoms with van der Waals surface area (Å²) < 4.78 is 1.68. The Hall–Kier alpha value is -3.21. The number of aryl methyl sites for hydroxylation is 1. The van der Waals surface area contributed by atoms with Crippen LogP contribution in [0.4, 0.5) is 0 Å². The molecule has 0 amide bonds. The summed E-state index contributed by atoms with van der Waals surface area (Å²) >= 11 is 0. The fourth-order valence-corrected chi connectivity index (χ4v) is 2.72. The number of aromatic nitrogens is 4. The molecule has 0 aliphatic heterocycles. The van der Waals surface area contributed by atoms with Gasteiger partial charge in [0, 0.05) is 12.3 Å². The first-order chi connectivity index (χ1) is 11.2. The molecule has 0 spiro atoms. The molecular weight excluding hydrogens is 288 g/mol. The molecule has 0 bridgehead atoms. The number of hydrogen-bond donors (Lipinski definition) is 1. The molecule has 0 atom stereocenters. The van der Waals surface area contributed by atoms with Gasteiger partial charge in [0.25, 0.3) is 0 Å². The van der Waals surface area contributed by atoms with Gasteiger partial charge in [-0.05, 0) is 24.6 Å². The second-order valence-corrected chi connectivity index (χ2v) is 5.32. The van der Waals surface area contributed by atoms with Crippen LogP contribution in [0.5, 0.6) is 0 Å². The Morgan fingerprint density at radius 1 is 1.04 bits per heavy atom. The van der Waals surface area contributed by atoms with Crippen molar-refractivity contribution in [3.63, 3.8) is 0 Å². The molecule has 1 aromatic carbocycles. The number of rotatable bonds is 2. The Morgan fingerprint density at radius 2 is 1.83 bits per heavy atom. The van der Waals surface area contributed by atoms with Crippen LogP contribution in [0.2, 0.25) is 0 Å². The van der Waals surface area contributed by atoms with E-state index >= 15 is 0 Å². The third-order valence-electron chi connectivity index (χ3n) is 3.79. The molecule has 112 valence electrons. The van der Waals surface area contributed by atoms with Crippen molar-refractivity contribution in [2.75, 3.05) is 0 Å². The predicted octanol–water partition coefficient (Wildman–Crippen LogP) is 3.08. The van der Waals surface area contributed by atoms with E-state index in [-0.39, 0.29) is 5.43 Å². The van der Waals surface area contributed by atoms with E-state index in [2.05, 4.69) is 15.1 Å². The van der Waals surface area contributed by atoms with Gasteiger partial charge in [-0.3, -0.25) is 4.79 Å². The number of benzene rings is 1. The minimum Gasteiger partial charge on any atom is -0.339 e. The number of pyridine rings is 2. The van der Waals surface area contributed by atoms with Gasteiger partial charge >= 0.3 is 0 Å². The standard InChI is InChI=1S/C18H14N4O/c1-12-17-15(23)11-14(13-7-3-2-4-8-13)20-18(17)22(21-12)16-9-5-6-10-19-16/h2-11H,1H3,(H,20,23). The highest BCUT2D eigenvalue weighted by molar-refractivity contribution is 5.82. The molecule has 23 heavy (non-hydrogen) atoms. The Kier molecular flexibility index (Phi) is 3.05. The summed E-state index contributed by atoms with van der Waals surface area (Å²) in [6, 6.07) is 17.0. The summed E-state index contributed by atoms with van der Waals surface area (Å²) in [5.74, 6) is 0.673. The molecule has 5 nitrogen and oxygen atoms in total. The van der Waals surface area contributed by atoms with Gasteiger partial charge in [0.1, 0.15) is 5.65 Å². The SMILES string of the molecule is Cc1nn(-c2ccccn2)c2[nH]c(-c3ccccc3)cc(=O)c12. The molecule has 0 saturated carbocycles. The zero-order valence-corrected chi connectivity index (χ0v) is 12.5. The number of H-pyrrole nitrogens is 1. The quantitative estimate of drug-likeness (QED) is 0.619. The van der Waals surface area contributed by atoms with Gasteiger partial charge in [-0.1, -0.05) is 36.4 Å². The van der Waals surface area contributed by atoms with Crippen molar-refractivity contribution in [1.82, 2.24) is 19.7 Å². The molecule has 5 heteroatoms. The van der Waals surface area contributed by atoms with Crippen molar-refractivity contribution < 1.29 is 0 Å². The fraction of sp³-hybridized carbons (Fsp3) is 0.0556. The van der Waals surface area contributed by atoms with Crippen LogP contribution in [0.25, 0.3) is 28.1 Å². The van der Waals surface area contributed by atoms with Gasteiger partial charge in [-0.2, -0.15) is 9.78 Å². The second-order valence-electron chi connectivity index (χ2n) is 5.32. The lowest BCUT2D eigenvalue weighted by Gasteiger charge is -2.05. The molecule has 0 fully saturated rings. The Bertz CT molecular complexity index is 1030. The highest BCUT2D eigenvalue weighted by Gasteiger charge is 2.14. The summed E-state index contributed by atoms with van der Waals surface area (Å²) in [7, 11) is 0. The zero-order chi connectivity index (χ0) is 15.8. The number of nitrogens with one attached hydrogen (secondary N) is 1. The minimum absolute atomic E-state index is 0.0442. The van der Waals surface area contributed by atoms with Crippen LogP contribution in [0, 0.1) is 6.92 Å². The van der Waals surface area contributed by atoms with E-state index in [1.807, 2.05) is 55.5 Å². The fourth-order valence-electron chi connectivity index (χ4n) is 2.72. The van der Waals surface area contributed by atoms with Gasteiger partial charge in [0.05, 0.1) is 16.8 Å². The summed E-state index contributed by atoms with van der Waals surface area (Å²) in [6.07, 6.45) is 1.71. The summed E-state index contributed by atoms with van der Waals surface area (Å²) in [4.78, 5) is 20.2. The average molecular weight is 302 g/mol. The van der Waals surface area contributed by atoms with E-state index in [0.29, 0.717) is 22.5 Å². The van der Waals surface area contributed by atoms with E-state index in [1.54, 1.807) is 16.9 Å². The van der Waals surface area contributed by atoms with Crippen molar-refractivity contribution in [3.8, 4) is 17.1 Å². The average Bonchev–Trinajstić information content (AvgIpc) is 2.94. The molecule has 0 unspecified atom stereocenters. The molecule has 0 aliphatic carbocycles. The van der Waals surface area contributed by atoms with E-state index in [0.717, 1.165) is 11.3 Å². The lowest BCUT2D eigenvalue weighted by atomic mass is 10.1. The number of hydrogen-bond acceptors (Lipinski definition) is 3. The van der Waals surface area contributed by atoms with Crippen molar-refractivity contribution in [2.45, 2.75) is 6.92 Å². The molecule has 0 radical (unpaired) electrons. The predicted molar refractivity (Wildman–Crippen MR) is 89.7 cm³/mol. The van der Waals surface area contributed by atoms with Crippen LogP contribution in [0.3, 0.4) is 0 Å². The van der Waals surface area contributed by atoms with E-state index < -0.39 is 0 Å². The first-order valence-electron chi connectivity index (χ1n) is 7.33. The maximum absolute atomic E-state index is 12.5. The highest BCUT2D eigenvalue weighted by Crippen LogP contribution is 2.21. The first-order valence-corrected chi connectivity index (χ1v) is 7.33. The third kappa shape index (κ3) is 2.23. The van der Waals surface area contributed by atoms with Crippen molar-refractivity contribution >= 4 is 11.0 Å². The molecule has 4 aromatic rings. The third-order valence-corrected chi connectivity index (χ3v) is 3.79. The van der Waals surface area contributed by atoms with Crippen LogP contribution in [0.15, 0.2) is 65.6 Å². The monoisotopic (exact) mass is 302 g/mol. The molecule has 3 heterocycles. The van der Waals surface area contributed by atoms with Crippen LogP contribution in [0.1, 0.15) is 5.69 Å². The normalized spacial score (nSPS) is 11.0. The molecule has 3 aromatic heterocycles. The van der Waals surface area contributed by atoms with Crippen LogP contribution in [-0.4, -0.2) is 19.7 Å². The molecular formula is C18H14N4O. The highest BCUT2D eigenvalue weighted by atomic mass is 16.1. The number of fused-ring (bicyclic) bond motifs is 1. The van der Waals surface area contributed by atoms with E-state index in [9.17, 15) is 4.79 Å². The van der Waals surface area contributed by atoms with E-state index in [4.69, 9.17) is 0 Å². The molecule has 1 N–H and O–H groups in total. The topological polar surface area (TPSA) is 63.6 Å². The van der Waals surface area contributed by atoms with Crippen LogP contribution >= 0.6 is 0 Å². The van der Waals surface area contributed by atoms with Gasteiger partial charge in [-0.15, -0.1) is 0 Å². The van der Waals surface area contributed by atoms with E-state index in [1.165, 1.54) is 0 Å². The maximum atomic E-state index is 12.5. The number of nitrogens with zero attached hydrogens (tertiary/aromatic N) is 3. The first kappa shape index (κ1) is 13.5. The maximum Gasteiger partial charge on any atom is 0.193 e.